The molecule has 0 heterocycles. The first kappa shape index (κ1) is 14.7. The lowest BCUT2D eigenvalue weighted by molar-refractivity contribution is 0.0690. The smallest absolute Gasteiger partial charge is 0.336 e. The van der Waals surface area contributed by atoms with E-state index in [9.17, 15) is 14.0 Å². The number of rotatable bonds is 4. The zero-order valence-corrected chi connectivity index (χ0v) is 11.3. The second-order valence-corrected chi connectivity index (χ2v) is 4.57. The largest absolute Gasteiger partial charge is 0.478 e. The summed E-state index contributed by atoms with van der Waals surface area (Å²) in [4.78, 5) is 23.3. The summed E-state index contributed by atoms with van der Waals surface area (Å²) in [7, 11) is 0. The Hall–Kier alpha value is -2.69. The van der Waals surface area contributed by atoms with Crippen LogP contribution in [0.3, 0.4) is 0 Å². The zero-order chi connectivity index (χ0) is 15.4. The van der Waals surface area contributed by atoms with Crippen molar-refractivity contribution in [1.29, 1.82) is 0 Å². The van der Waals surface area contributed by atoms with Crippen molar-refractivity contribution in [3.05, 3.63) is 71.0 Å². The van der Waals surface area contributed by atoms with Gasteiger partial charge in [0.1, 0.15) is 5.82 Å². The molecule has 0 aromatic heterocycles. The summed E-state index contributed by atoms with van der Waals surface area (Å²) >= 11 is 0. The molecular weight excluding hydrogens is 273 g/mol. The molecule has 2 aromatic carbocycles. The third-order valence-corrected chi connectivity index (χ3v) is 3.12. The van der Waals surface area contributed by atoms with Crippen LogP contribution in [0.15, 0.2) is 48.5 Å². The van der Waals surface area contributed by atoms with Crippen LogP contribution < -0.4 is 5.32 Å². The number of aromatic carboxylic acids is 1. The molecule has 2 N–H and O–H groups in total. The molecule has 0 aliphatic heterocycles. The van der Waals surface area contributed by atoms with Crippen molar-refractivity contribution < 1.29 is 19.1 Å². The van der Waals surface area contributed by atoms with Crippen LogP contribution >= 0.6 is 0 Å². The highest BCUT2D eigenvalue weighted by Crippen LogP contribution is 2.17. The molecule has 2 aromatic rings. The minimum Gasteiger partial charge on any atom is -0.478 e. The van der Waals surface area contributed by atoms with Crippen molar-refractivity contribution in [3.63, 3.8) is 0 Å². The molecule has 0 bridgehead atoms. The van der Waals surface area contributed by atoms with Crippen LogP contribution in [0.1, 0.15) is 39.2 Å². The maximum atomic E-state index is 13.7. The average Bonchev–Trinajstić information content (AvgIpc) is 2.47. The van der Waals surface area contributed by atoms with Gasteiger partial charge in [0.25, 0.3) is 5.91 Å². The highest BCUT2D eigenvalue weighted by molar-refractivity contribution is 6.04. The van der Waals surface area contributed by atoms with Gasteiger partial charge in [0, 0.05) is 5.56 Å². The monoisotopic (exact) mass is 287 g/mol. The van der Waals surface area contributed by atoms with Crippen molar-refractivity contribution >= 4 is 11.9 Å². The van der Waals surface area contributed by atoms with Crippen molar-refractivity contribution in [2.45, 2.75) is 13.0 Å². The van der Waals surface area contributed by atoms with Gasteiger partial charge >= 0.3 is 5.97 Å². The molecule has 1 atom stereocenters. The van der Waals surface area contributed by atoms with Crippen LogP contribution in [0.4, 0.5) is 4.39 Å². The van der Waals surface area contributed by atoms with E-state index in [1.165, 1.54) is 18.2 Å². The number of carbonyl (C=O) groups excluding carboxylic acids is 1. The lowest BCUT2D eigenvalue weighted by Gasteiger charge is -2.15. The minimum absolute atomic E-state index is 0.0492. The van der Waals surface area contributed by atoms with E-state index in [4.69, 9.17) is 5.11 Å². The number of carboxylic acid groups (broad SMARTS) is 1. The Balaban J connectivity index is 2.23. The average molecular weight is 287 g/mol. The molecule has 0 saturated carbocycles. The Morgan fingerprint density at radius 1 is 1.05 bits per heavy atom. The second-order valence-electron chi connectivity index (χ2n) is 4.57. The summed E-state index contributed by atoms with van der Waals surface area (Å²) < 4.78 is 13.7. The Kier molecular flexibility index (Phi) is 4.33. The van der Waals surface area contributed by atoms with E-state index in [-0.39, 0.29) is 11.1 Å². The molecule has 0 aliphatic rings. The second kappa shape index (κ2) is 6.17. The maximum absolute atomic E-state index is 13.7. The predicted octanol–water partition coefficient (Wildman–Crippen LogP) is 3.01. The number of hydrogen-bond acceptors (Lipinski definition) is 2. The van der Waals surface area contributed by atoms with E-state index in [1.54, 1.807) is 37.3 Å². The molecule has 0 aliphatic carbocycles. The predicted molar refractivity (Wildman–Crippen MR) is 75.7 cm³/mol. The number of nitrogens with one attached hydrogen (secondary N) is 1. The number of carboxylic acids is 1. The normalized spacial score (nSPS) is 11.7. The minimum atomic E-state index is -1.18. The van der Waals surface area contributed by atoms with Gasteiger partial charge in [-0.15, -0.1) is 0 Å². The highest BCUT2D eigenvalue weighted by atomic mass is 19.1. The Labute approximate surface area is 121 Å². The van der Waals surface area contributed by atoms with E-state index in [0.717, 1.165) is 0 Å². The molecule has 21 heavy (non-hydrogen) atoms. The fourth-order valence-corrected chi connectivity index (χ4v) is 2.05. The first-order valence-corrected chi connectivity index (χ1v) is 6.38. The third-order valence-electron chi connectivity index (χ3n) is 3.12. The summed E-state index contributed by atoms with van der Waals surface area (Å²) in [6.07, 6.45) is 0. The van der Waals surface area contributed by atoms with E-state index in [1.807, 2.05) is 0 Å². The summed E-state index contributed by atoms with van der Waals surface area (Å²) in [5.41, 5.74) is 0.308. The van der Waals surface area contributed by atoms with Gasteiger partial charge in [-0.3, -0.25) is 4.79 Å². The molecule has 0 saturated heterocycles. The van der Waals surface area contributed by atoms with Crippen LogP contribution in [0.2, 0.25) is 0 Å². The van der Waals surface area contributed by atoms with Gasteiger partial charge in [-0.1, -0.05) is 30.3 Å². The fourth-order valence-electron chi connectivity index (χ4n) is 2.05. The van der Waals surface area contributed by atoms with Gasteiger partial charge in [0.2, 0.25) is 0 Å². The number of benzene rings is 2. The molecule has 2 rings (SSSR count). The quantitative estimate of drug-likeness (QED) is 0.908. The SMILES string of the molecule is CC(NC(=O)c1ccccc1C(=O)O)c1ccccc1F. The lowest BCUT2D eigenvalue weighted by Crippen LogP contribution is -2.28. The van der Waals surface area contributed by atoms with Crippen LogP contribution in [0.25, 0.3) is 0 Å². The van der Waals surface area contributed by atoms with Gasteiger partial charge in [0.05, 0.1) is 17.2 Å². The molecule has 0 radical (unpaired) electrons. The van der Waals surface area contributed by atoms with Crippen LogP contribution in [0.5, 0.6) is 0 Å². The van der Waals surface area contributed by atoms with Crippen LogP contribution in [0, 0.1) is 5.82 Å². The molecule has 0 spiro atoms. The first-order valence-electron chi connectivity index (χ1n) is 6.38. The van der Waals surface area contributed by atoms with Gasteiger partial charge in [-0.25, -0.2) is 9.18 Å². The molecule has 4 nitrogen and oxygen atoms in total. The summed E-state index contributed by atoms with van der Waals surface area (Å²) in [5.74, 6) is -2.15. The van der Waals surface area contributed by atoms with Gasteiger partial charge < -0.3 is 10.4 Å². The standard InChI is InChI=1S/C16H14FNO3/c1-10(11-6-4-5-9-14(11)17)18-15(19)12-7-2-3-8-13(12)16(20)21/h2-10H,1H3,(H,18,19)(H,20,21). The van der Waals surface area contributed by atoms with Crippen molar-refractivity contribution in [3.8, 4) is 0 Å². The summed E-state index contributed by atoms with van der Waals surface area (Å²) in [6.45, 7) is 1.64. The Bertz CT molecular complexity index is 685. The molecule has 0 fully saturated rings. The third kappa shape index (κ3) is 3.25. The van der Waals surface area contributed by atoms with Crippen LogP contribution in [-0.2, 0) is 0 Å². The number of amides is 1. The van der Waals surface area contributed by atoms with Crippen molar-refractivity contribution in [2.75, 3.05) is 0 Å². The summed E-state index contributed by atoms with van der Waals surface area (Å²) in [6, 6.07) is 11.4. The lowest BCUT2D eigenvalue weighted by atomic mass is 10.0. The van der Waals surface area contributed by atoms with Gasteiger partial charge in [0.15, 0.2) is 0 Å². The fraction of sp³-hybridized carbons (Fsp3) is 0.125. The van der Waals surface area contributed by atoms with Crippen LogP contribution in [-0.4, -0.2) is 17.0 Å². The first-order chi connectivity index (χ1) is 10.0. The molecule has 5 heteroatoms. The van der Waals surface area contributed by atoms with E-state index in [2.05, 4.69) is 5.32 Å². The Morgan fingerprint density at radius 3 is 2.24 bits per heavy atom. The maximum Gasteiger partial charge on any atom is 0.336 e. The zero-order valence-electron chi connectivity index (χ0n) is 11.3. The highest BCUT2D eigenvalue weighted by Gasteiger charge is 2.19. The van der Waals surface area contributed by atoms with Gasteiger partial charge in [-0.05, 0) is 25.1 Å². The molecule has 1 unspecified atom stereocenters. The van der Waals surface area contributed by atoms with Crippen molar-refractivity contribution in [1.82, 2.24) is 5.32 Å². The van der Waals surface area contributed by atoms with E-state index >= 15 is 0 Å². The number of carbonyl (C=O) groups is 2. The number of halogens is 1. The Morgan fingerprint density at radius 2 is 1.62 bits per heavy atom. The molecular formula is C16H14FNO3. The van der Waals surface area contributed by atoms with Gasteiger partial charge in [-0.2, -0.15) is 0 Å². The molecule has 108 valence electrons. The van der Waals surface area contributed by atoms with E-state index < -0.39 is 23.7 Å². The summed E-state index contributed by atoms with van der Waals surface area (Å²) in [5, 5.41) is 11.7. The number of hydrogen-bond donors (Lipinski definition) is 2. The van der Waals surface area contributed by atoms with E-state index in [0.29, 0.717) is 5.56 Å². The molecule has 1 amide bonds. The topological polar surface area (TPSA) is 66.4 Å². The van der Waals surface area contributed by atoms with Crippen molar-refractivity contribution in [2.24, 2.45) is 0 Å².